The molecule has 0 aromatic heterocycles. The van der Waals surface area contributed by atoms with Crippen LogP contribution < -0.4 is 10.1 Å². The molecule has 0 heterocycles. The number of anilines is 1. The minimum Gasteiger partial charge on any atom is -0.484 e. The number of hydrogen-bond acceptors (Lipinski definition) is 3. The van der Waals surface area contributed by atoms with Crippen LogP contribution >= 0.6 is 0 Å². The molecule has 0 bridgehead atoms. The van der Waals surface area contributed by atoms with Gasteiger partial charge in [0.1, 0.15) is 5.75 Å². The van der Waals surface area contributed by atoms with Crippen LogP contribution in [0.1, 0.15) is 11.1 Å². The number of nitrogens with one attached hydrogen (secondary N) is 1. The quantitative estimate of drug-likeness (QED) is 0.655. The van der Waals surface area contributed by atoms with Crippen LogP contribution in [0, 0.1) is 6.92 Å². The molecular weight excluding hydrogens is 324 g/mol. The molecule has 1 amide bonds. The van der Waals surface area contributed by atoms with E-state index in [1.165, 1.54) is 0 Å². The highest BCUT2D eigenvalue weighted by atomic mass is 16.5. The Morgan fingerprint density at radius 3 is 2.38 bits per heavy atom. The van der Waals surface area contributed by atoms with Crippen LogP contribution in [0.2, 0.25) is 0 Å². The standard InChI is InChI=1S/C22H20N2O2/c1-17-7-5-6-10-21(17)23-15-18-11-13-20(14-12-18)26-16-22(25)24-19-8-3-2-4-9-19/h2-15H,16H2,1H3,(H,24,25). The smallest absolute Gasteiger partial charge is 0.262 e. The third-order valence-electron chi connectivity index (χ3n) is 3.78. The van der Waals surface area contributed by atoms with E-state index in [0.717, 1.165) is 22.5 Å². The average Bonchev–Trinajstić information content (AvgIpc) is 2.67. The Morgan fingerprint density at radius 1 is 0.962 bits per heavy atom. The van der Waals surface area contributed by atoms with Crippen molar-refractivity contribution in [2.24, 2.45) is 4.99 Å². The predicted molar refractivity (Wildman–Crippen MR) is 105 cm³/mol. The lowest BCUT2D eigenvalue weighted by Gasteiger charge is -2.07. The fourth-order valence-corrected chi connectivity index (χ4v) is 2.37. The summed E-state index contributed by atoms with van der Waals surface area (Å²) in [7, 11) is 0. The van der Waals surface area contributed by atoms with Gasteiger partial charge >= 0.3 is 0 Å². The average molecular weight is 344 g/mol. The SMILES string of the molecule is Cc1ccccc1N=Cc1ccc(OCC(=O)Nc2ccccc2)cc1. The molecular formula is C22H20N2O2. The van der Waals surface area contributed by atoms with Gasteiger partial charge < -0.3 is 10.1 Å². The van der Waals surface area contributed by atoms with E-state index in [9.17, 15) is 4.79 Å². The molecule has 0 saturated carbocycles. The zero-order valence-electron chi connectivity index (χ0n) is 14.6. The molecule has 0 fully saturated rings. The molecule has 0 spiro atoms. The highest BCUT2D eigenvalue weighted by Gasteiger charge is 2.03. The first-order valence-electron chi connectivity index (χ1n) is 8.38. The lowest BCUT2D eigenvalue weighted by Crippen LogP contribution is -2.20. The molecule has 0 saturated heterocycles. The summed E-state index contributed by atoms with van der Waals surface area (Å²) >= 11 is 0. The third-order valence-corrected chi connectivity index (χ3v) is 3.78. The van der Waals surface area contributed by atoms with E-state index in [1.54, 1.807) is 0 Å². The van der Waals surface area contributed by atoms with E-state index >= 15 is 0 Å². The Balaban J connectivity index is 1.53. The molecule has 0 aliphatic heterocycles. The van der Waals surface area contributed by atoms with Crippen molar-refractivity contribution in [2.75, 3.05) is 11.9 Å². The summed E-state index contributed by atoms with van der Waals surface area (Å²) in [5.41, 5.74) is 3.80. The topological polar surface area (TPSA) is 50.7 Å². The van der Waals surface area contributed by atoms with E-state index in [-0.39, 0.29) is 12.5 Å². The van der Waals surface area contributed by atoms with Crippen molar-refractivity contribution in [3.05, 3.63) is 90.0 Å². The summed E-state index contributed by atoms with van der Waals surface area (Å²) in [6.45, 7) is 2.00. The van der Waals surface area contributed by atoms with E-state index in [4.69, 9.17) is 4.74 Å². The van der Waals surface area contributed by atoms with Gasteiger partial charge in [-0.2, -0.15) is 0 Å². The van der Waals surface area contributed by atoms with Crippen molar-refractivity contribution >= 4 is 23.5 Å². The van der Waals surface area contributed by atoms with Crippen molar-refractivity contribution in [3.63, 3.8) is 0 Å². The van der Waals surface area contributed by atoms with Gasteiger partial charge in [0, 0.05) is 11.9 Å². The first-order valence-corrected chi connectivity index (χ1v) is 8.38. The van der Waals surface area contributed by atoms with Crippen LogP contribution in [0.3, 0.4) is 0 Å². The number of carbonyl (C=O) groups is 1. The number of nitrogens with zero attached hydrogens (tertiary/aromatic N) is 1. The second-order valence-corrected chi connectivity index (χ2v) is 5.82. The maximum atomic E-state index is 11.9. The Morgan fingerprint density at radius 2 is 1.65 bits per heavy atom. The van der Waals surface area contributed by atoms with Crippen LogP contribution in [0.15, 0.2) is 83.9 Å². The molecule has 0 aliphatic rings. The van der Waals surface area contributed by atoms with Crippen molar-refractivity contribution in [3.8, 4) is 5.75 Å². The molecule has 130 valence electrons. The van der Waals surface area contributed by atoms with Gasteiger partial charge in [-0.05, 0) is 60.5 Å². The summed E-state index contributed by atoms with van der Waals surface area (Å²) in [5, 5.41) is 2.78. The Bertz CT molecular complexity index is 888. The van der Waals surface area contributed by atoms with Gasteiger partial charge in [0.25, 0.3) is 5.91 Å². The Labute approximate surface area is 153 Å². The summed E-state index contributed by atoms with van der Waals surface area (Å²) in [4.78, 5) is 16.4. The second-order valence-electron chi connectivity index (χ2n) is 5.82. The zero-order valence-corrected chi connectivity index (χ0v) is 14.6. The van der Waals surface area contributed by atoms with Crippen LogP contribution in [0.5, 0.6) is 5.75 Å². The van der Waals surface area contributed by atoms with Crippen LogP contribution in [0.4, 0.5) is 11.4 Å². The summed E-state index contributed by atoms with van der Waals surface area (Å²) < 4.78 is 5.52. The number of hydrogen-bond donors (Lipinski definition) is 1. The molecule has 1 N–H and O–H groups in total. The highest BCUT2D eigenvalue weighted by Crippen LogP contribution is 2.17. The van der Waals surface area contributed by atoms with Crippen molar-refractivity contribution in [1.82, 2.24) is 0 Å². The van der Waals surface area contributed by atoms with E-state index in [1.807, 2.05) is 92.0 Å². The maximum Gasteiger partial charge on any atom is 0.262 e. The molecule has 0 aliphatic carbocycles. The Hall–Kier alpha value is -3.40. The van der Waals surface area contributed by atoms with Gasteiger partial charge in [-0.3, -0.25) is 9.79 Å². The van der Waals surface area contributed by atoms with Crippen LogP contribution in [0.25, 0.3) is 0 Å². The van der Waals surface area contributed by atoms with Gasteiger partial charge in [0.2, 0.25) is 0 Å². The summed E-state index contributed by atoms with van der Waals surface area (Å²) in [6, 6.07) is 24.8. The van der Waals surface area contributed by atoms with Crippen molar-refractivity contribution in [2.45, 2.75) is 6.92 Å². The zero-order chi connectivity index (χ0) is 18.2. The molecule has 0 radical (unpaired) electrons. The fraction of sp³-hybridized carbons (Fsp3) is 0.0909. The number of amides is 1. The maximum absolute atomic E-state index is 11.9. The number of aryl methyl sites for hydroxylation is 1. The van der Waals surface area contributed by atoms with Crippen molar-refractivity contribution < 1.29 is 9.53 Å². The first-order chi connectivity index (χ1) is 12.7. The second kappa shape index (κ2) is 8.62. The molecule has 0 atom stereocenters. The number of ether oxygens (including phenoxy) is 1. The molecule has 0 unspecified atom stereocenters. The molecule has 4 heteroatoms. The predicted octanol–water partition coefficient (Wildman–Crippen LogP) is 4.76. The van der Waals surface area contributed by atoms with Crippen LogP contribution in [-0.4, -0.2) is 18.7 Å². The van der Waals surface area contributed by atoms with Gasteiger partial charge in [-0.1, -0.05) is 36.4 Å². The van der Waals surface area contributed by atoms with E-state index in [2.05, 4.69) is 10.3 Å². The number of para-hydroxylation sites is 2. The lowest BCUT2D eigenvalue weighted by molar-refractivity contribution is -0.118. The molecule has 3 aromatic rings. The van der Waals surface area contributed by atoms with Gasteiger partial charge in [-0.15, -0.1) is 0 Å². The first kappa shape index (κ1) is 17.4. The molecule has 26 heavy (non-hydrogen) atoms. The molecule has 3 aromatic carbocycles. The number of rotatable bonds is 6. The summed E-state index contributed by atoms with van der Waals surface area (Å²) in [6.07, 6.45) is 1.81. The number of benzene rings is 3. The minimum atomic E-state index is -0.193. The van der Waals surface area contributed by atoms with Crippen LogP contribution in [-0.2, 0) is 4.79 Å². The normalized spacial score (nSPS) is 10.7. The van der Waals surface area contributed by atoms with Crippen molar-refractivity contribution in [1.29, 1.82) is 0 Å². The molecule has 4 nitrogen and oxygen atoms in total. The highest BCUT2D eigenvalue weighted by molar-refractivity contribution is 5.91. The van der Waals surface area contributed by atoms with Gasteiger partial charge in [0.15, 0.2) is 6.61 Å². The third kappa shape index (κ3) is 5.05. The Kier molecular flexibility index (Phi) is 5.78. The summed E-state index contributed by atoms with van der Waals surface area (Å²) in [5.74, 6) is 0.447. The fourth-order valence-electron chi connectivity index (χ4n) is 2.37. The largest absolute Gasteiger partial charge is 0.484 e. The monoisotopic (exact) mass is 344 g/mol. The molecule has 3 rings (SSSR count). The number of aliphatic imine (C=N–C) groups is 1. The van der Waals surface area contributed by atoms with Gasteiger partial charge in [-0.25, -0.2) is 0 Å². The van der Waals surface area contributed by atoms with E-state index < -0.39 is 0 Å². The lowest BCUT2D eigenvalue weighted by atomic mass is 10.2. The number of carbonyl (C=O) groups excluding carboxylic acids is 1. The minimum absolute atomic E-state index is 0.0362. The van der Waals surface area contributed by atoms with E-state index in [0.29, 0.717) is 5.75 Å². The van der Waals surface area contributed by atoms with Gasteiger partial charge in [0.05, 0.1) is 5.69 Å².